The normalized spacial score (nSPS) is 9.67. The van der Waals surface area contributed by atoms with Crippen molar-refractivity contribution in [3.8, 4) is 0 Å². The molecule has 0 saturated heterocycles. The van der Waals surface area contributed by atoms with E-state index in [0.717, 1.165) is 0 Å². The molecule has 0 aliphatic rings. The summed E-state index contributed by atoms with van der Waals surface area (Å²) < 4.78 is 9.62. The Bertz CT molecular complexity index is 446. The average molecular weight is 252 g/mol. The number of amides is 1. The second-order valence-corrected chi connectivity index (χ2v) is 3.34. The van der Waals surface area contributed by atoms with E-state index >= 15 is 0 Å². The number of rotatable bonds is 4. The van der Waals surface area contributed by atoms with Crippen molar-refractivity contribution in [1.29, 1.82) is 0 Å². The predicted molar refractivity (Wildman–Crippen MR) is 67.5 cm³/mol. The molecule has 0 unspecified atom stereocenters. The van der Waals surface area contributed by atoms with Gasteiger partial charge in [0, 0.05) is 0 Å². The SMILES string of the molecule is CCOC(=O)Nc1c(N)cccc1C(=O)OCC. The highest BCUT2D eigenvalue weighted by atomic mass is 16.5. The molecule has 0 bridgehead atoms. The Morgan fingerprint density at radius 3 is 2.50 bits per heavy atom. The molecule has 0 aliphatic carbocycles. The van der Waals surface area contributed by atoms with Crippen LogP contribution in [0.25, 0.3) is 0 Å². The molecule has 0 aliphatic heterocycles. The molecular weight excluding hydrogens is 236 g/mol. The van der Waals surface area contributed by atoms with Crippen LogP contribution in [-0.4, -0.2) is 25.3 Å². The van der Waals surface area contributed by atoms with Gasteiger partial charge in [0.15, 0.2) is 0 Å². The van der Waals surface area contributed by atoms with Crippen LogP contribution in [0.5, 0.6) is 0 Å². The van der Waals surface area contributed by atoms with Crippen LogP contribution in [0.4, 0.5) is 16.2 Å². The Morgan fingerprint density at radius 2 is 1.89 bits per heavy atom. The average Bonchev–Trinajstić information content (AvgIpc) is 2.32. The van der Waals surface area contributed by atoms with Crippen molar-refractivity contribution < 1.29 is 19.1 Å². The fraction of sp³-hybridized carbons (Fsp3) is 0.333. The largest absolute Gasteiger partial charge is 0.462 e. The summed E-state index contributed by atoms with van der Waals surface area (Å²) in [7, 11) is 0. The molecule has 98 valence electrons. The monoisotopic (exact) mass is 252 g/mol. The van der Waals surface area contributed by atoms with Crippen molar-refractivity contribution in [1.82, 2.24) is 0 Å². The number of anilines is 2. The number of hydrogen-bond acceptors (Lipinski definition) is 5. The number of esters is 1. The van der Waals surface area contributed by atoms with E-state index in [1.165, 1.54) is 6.07 Å². The molecule has 18 heavy (non-hydrogen) atoms. The number of carbonyl (C=O) groups is 2. The molecule has 3 N–H and O–H groups in total. The lowest BCUT2D eigenvalue weighted by Gasteiger charge is -2.12. The third-order valence-corrected chi connectivity index (χ3v) is 2.09. The van der Waals surface area contributed by atoms with Gasteiger partial charge in [0.1, 0.15) is 0 Å². The van der Waals surface area contributed by atoms with E-state index < -0.39 is 12.1 Å². The van der Waals surface area contributed by atoms with Crippen molar-refractivity contribution in [3.05, 3.63) is 23.8 Å². The van der Waals surface area contributed by atoms with Gasteiger partial charge in [-0.25, -0.2) is 9.59 Å². The highest BCUT2D eigenvalue weighted by Gasteiger charge is 2.17. The summed E-state index contributed by atoms with van der Waals surface area (Å²) in [5.41, 5.74) is 6.40. The first-order valence-corrected chi connectivity index (χ1v) is 5.59. The van der Waals surface area contributed by atoms with E-state index in [-0.39, 0.29) is 30.2 Å². The summed E-state index contributed by atoms with van der Waals surface area (Å²) in [6.07, 6.45) is -0.666. The van der Waals surface area contributed by atoms with Crippen LogP contribution < -0.4 is 11.1 Å². The highest BCUT2D eigenvalue weighted by Crippen LogP contribution is 2.24. The second-order valence-electron chi connectivity index (χ2n) is 3.34. The van der Waals surface area contributed by atoms with E-state index in [4.69, 9.17) is 15.2 Å². The van der Waals surface area contributed by atoms with Crippen LogP contribution in [0.15, 0.2) is 18.2 Å². The zero-order valence-electron chi connectivity index (χ0n) is 10.4. The number of ether oxygens (including phenoxy) is 2. The molecule has 6 nitrogen and oxygen atoms in total. The molecule has 1 rings (SSSR count). The molecule has 0 radical (unpaired) electrons. The number of nitrogen functional groups attached to an aromatic ring is 1. The lowest BCUT2D eigenvalue weighted by Crippen LogP contribution is -2.18. The zero-order chi connectivity index (χ0) is 13.5. The minimum Gasteiger partial charge on any atom is -0.462 e. The van der Waals surface area contributed by atoms with E-state index in [0.29, 0.717) is 0 Å². The van der Waals surface area contributed by atoms with Gasteiger partial charge < -0.3 is 15.2 Å². The Kier molecular flexibility index (Phi) is 4.98. The second kappa shape index (κ2) is 6.48. The Morgan fingerprint density at radius 1 is 1.22 bits per heavy atom. The first-order chi connectivity index (χ1) is 8.60. The summed E-state index contributed by atoms with van der Waals surface area (Å²) in [6, 6.07) is 4.71. The molecule has 0 heterocycles. The van der Waals surface area contributed by atoms with Gasteiger partial charge in [-0.05, 0) is 26.0 Å². The van der Waals surface area contributed by atoms with Crippen LogP contribution in [0.2, 0.25) is 0 Å². The fourth-order valence-corrected chi connectivity index (χ4v) is 1.36. The maximum atomic E-state index is 11.7. The molecule has 1 amide bonds. The molecule has 0 spiro atoms. The Hall–Kier alpha value is -2.24. The maximum absolute atomic E-state index is 11.7. The molecule has 0 atom stereocenters. The van der Waals surface area contributed by atoms with Crippen LogP contribution in [0.1, 0.15) is 24.2 Å². The third-order valence-electron chi connectivity index (χ3n) is 2.09. The number of nitrogens with two attached hydrogens (primary N) is 1. The van der Waals surface area contributed by atoms with Crippen LogP contribution in [0.3, 0.4) is 0 Å². The highest BCUT2D eigenvalue weighted by molar-refractivity contribution is 6.03. The summed E-state index contributed by atoms with van der Waals surface area (Å²) in [6.45, 7) is 3.85. The van der Waals surface area contributed by atoms with Crippen molar-refractivity contribution >= 4 is 23.4 Å². The van der Waals surface area contributed by atoms with E-state index in [2.05, 4.69) is 5.32 Å². The molecule has 1 aromatic carbocycles. The number of para-hydroxylation sites is 1. The van der Waals surface area contributed by atoms with E-state index in [1.807, 2.05) is 0 Å². The number of nitrogens with one attached hydrogen (secondary N) is 1. The zero-order valence-corrected chi connectivity index (χ0v) is 10.4. The summed E-state index contributed by atoms with van der Waals surface area (Å²) >= 11 is 0. The number of hydrogen-bond donors (Lipinski definition) is 2. The standard InChI is InChI=1S/C12H16N2O4/c1-3-17-11(15)8-6-5-7-9(13)10(8)14-12(16)18-4-2/h5-7H,3-4,13H2,1-2H3,(H,14,16). The van der Waals surface area contributed by atoms with Gasteiger partial charge in [0.05, 0.1) is 30.2 Å². The maximum Gasteiger partial charge on any atom is 0.411 e. The van der Waals surface area contributed by atoms with Crippen LogP contribution >= 0.6 is 0 Å². The van der Waals surface area contributed by atoms with Gasteiger partial charge >= 0.3 is 12.1 Å². The third kappa shape index (κ3) is 3.38. The summed E-state index contributed by atoms with van der Waals surface area (Å²) in [5.74, 6) is -0.545. The van der Waals surface area contributed by atoms with E-state index in [9.17, 15) is 9.59 Å². The quantitative estimate of drug-likeness (QED) is 0.632. The van der Waals surface area contributed by atoms with Crippen LogP contribution in [-0.2, 0) is 9.47 Å². The van der Waals surface area contributed by atoms with Crippen molar-refractivity contribution in [2.24, 2.45) is 0 Å². The molecule has 0 fully saturated rings. The van der Waals surface area contributed by atoms with Crippen molar-refractivity contribution in [2.75, 3.05) is 24.3 Å². The molecule has 0 saturated carbocycles. The Labute approximate surface area is 105 Å². The Balaban J connectivity index is 3.00. The lowest BCUT2D eigenvalue weighted by atomic mass is 10.1. The topological polar surface area (TPSA) is 90.6 Å². The van der Waals surface area contributed by atoms with Gasteiger partial charge in [0.25, 0.3) is 0 Å². The number of benzene rings is 1. The van der Waals surface area contributed by atoms with Gasteiger partial charge in [-0.2, -0.15) is 0 Å². The summed E-state index contributed by atoms with van der Waals surface area (Å²) in [4.78, 5) is 23.0. The first-order valence-electron chi connectivity index (χ1n) is 5.59. The summed E-state index contributed by atoms with van der Waals surface area (Å²) in [5, 5.41) is 2.43. The first kappa shape index (κ1) is 13.8. The molecule has 6 heteroatoms. The molecular formula is C12H16N2O4. The van der Waals surface area contributed by atoms with Crippen molar-refractivity contribution in [3.63, 3.8) is 0 Å². The fourth-order valence-electron chi connectivity index (χ4n) is 1.36. The van der Waals surface area contributed by atoms with E-state index in [1.54, 1.807) is 26.0 Å². The smallest absolute Gasteiger partial charge is 0.411 e. The predicted octanol–water partition coefficient (Wildman–Crippen LogP) is 2.01. The van der Waals surface area contributed by atoms with Gasteiger partial charge in [-0.1, -0.05) is 6.07 Å². The van der Waals surface area contributed by atoms with Gasteiger partial charge in [-0.15, -0.1) is 0 Å². The molecule has 0 aromatic heterocycles. The van der Waals surface area contributed by atoms with Crippen molar-refractivity contribution in [2.45, 2.75) is 13.8 Å². The minimum absolute atomic E-state index is 0.199. The number of carbonyl (C=O) groups excluding carboxylic acids is 2. The lowest BCUT2D eigenvalue weighted by molar-refractivity contribution is 0.0527. The van der Waals surface area contributed by atoms with Crippen LogP contribution in [0, 0.1) is 0 Å². The van der Waals surface area contributed by atoms with Gasteiger partial charge in [0.2, 0.25) is 0 Å². The van der Waals surface area contributed by atoms with Gasteiger partial charge in [-0.3, -0.25) is 5.32 Å². The minimum atomic E-state index is -0.666. The molecule has 1 aromatic rings.